The van der Waals surface area contributed by atoms with Crippen LogP contribution in [0.2, 0.25) is 0 Å². The molecule has 0 aromatic rings. The van der Waals surface area contributed by atoms with Crippen molar-refractivity contribution in [1.29, 1.82) is 0 Å². The third-order valence-corrected chi connectivity index (χ3v) is 5.06. The van der Waals surface area contributed by atoms with Crippen LogP contribution in [0.3, 0.4) is 0 Å². The van der Waals surface area contributed by atoms with E-state index >= 15 is 0 Å². The third kappa shape index (κ3) is 9.89. The molecule has 0 aromatic carbocycles. The van der Waals surface area contributed by atoms with E-state index in [9.17, 15) is 24.6 Å². The second-order valence-electron chi connectivity index (χ2n) is 10.8. The molecule has 4 N–H and O–H groups in total. The first kappa shape index (κ1) is 28.3. The highest BCUT2D eigenvalue weighted by molar-refractivity contribution is 5.83. The SMILES string of the molecule is CC(CC(C)(C)C(=O)O)C(=O)NC(C)(C)CC(C)(C)C(=O)NCCOC(C)(C)CO. The molecule has 0 aliphatic carbocycles. The number of carboxylic acid groups (broad SMARTS) is 1. The summed E-state index contributed by atoms with van der Waals surface area (Å²) in [7, 11) is 0. The zero-order valence-electron chi connectivity index (χ0n) is 20.1. The minimum Gasteiger partial charge on any atom is -0.481 e. The Morgan fingerprint density at radius 2 is 1.50 bits per heavy atom. The zero-order chi connectivity index (χ0) is 24.0. The van der Waals surface area contributed by atoms with Gasteiger partial charge >= 0.3 is 5.97 Å². The predicted octanol–water partition coefficient (Wildman–Crippen LogP) is 2.34. The summed E-state index contributed by atoms with van der Waals surface area (Å²) in [6.07, 6.45) is 0.619. The third-order valence-electron chi connectivity index (χ3n) is 5.06. The highest BCUT2D eigenvalue weighted by atomic mass is 16.5. The number of ether oxygens (including phenoxy) is 1. The van der Waals surface area contributed by atoms with Gasteiger partial charge in [-0.05, 0) is 54.4 Å². The number of hydrogen-bond donors (Lipinski definition) is 4. The molecule has 30 heavy (non-hydrogen) atoms. The van der Waals surface area contributed by atoms with E-state index in [1.165, 1.54) is 0 Å². The molecule has 0 aliphatic heterocycles. The Bertz CT molecular complexity index is 611. The van der Waals surface area contributed by atoms with Gasteiger partial charge in [-0.15, -0.1) is 0 Å². The van der Waals surface area contributed by atoms with Crippen LogP contribution in [0.1, 0.15) is 75.2 Å². The number of aliphatic carboxylic acids is 1. The highest BCUT2D eigenvalue weighted by Crippen LogP contribution is 2.30. The molecular weight excluding hydrogens is 388 g/mol. The summed E-state index contributed by atoms with van der Waals surface area (Å²) >= 11 is 0. The summed E-state index contributed by atoms with van der Waals surface area (Å²) in [5.74, 6) is -1.80. The van der Waals surface area contributed by atoms with E-state index in [4.69, 9.17) is 4.74 Å². The first-order valence-corrected chi connectivity index (χ1v) is 10.4. The van der Waals surface area contributed by atoms with Crippen LogP contribution in [0, 0.1) is 16.7 Å². The second-order valence-corrected chi connectivity index (χ2v) is 10.8. The van der Waals surface area contributed by atoms with Crippen molar-refractivity contribution in [2.75, 3.05) is 19.8 Å². The molecule has 0 heterocycles. The second kappa shape index (κ2) is 10.6. The smallest absolute Gasteiger partial charge is 0.309 e. The van der Waals surface area contributed by atoms with Crippen molar-refractivity contribution < 1.29 is 29.3 Å². The van der Waals surface area contributed by atoms with E-state index in [-0.39, 0.29) is 31.4 Å². The minimum atomic E-state index is -0.993. The Morgan fingerprint density at radius 1 is 0.967 bits per heavy atom. The van der Waals surface area contributed by atoms with E-state index in [1.807, 2.05) is 27.7 Å². The molecule has 2 amide bonds. The average molecular weight is 431 g/mol. The normalized spacial score (nSPS) is 14.2. The molecule has 0 saturated heterocycles. The van der Waals surface area contributed by atoms with Gasteiger partial charge in [0.25, 0.3) is 0 Å². The summed E-state index contributed by atoms with van der Waals surface area (Å²) in [5, 5.41) is 24.2. The Balaban J connectivity index is 4.77. The van der Waals surface area contributed by atoms with Crippen molar-refractivity contribution in [2.24, 2.45) is 16.7 Å². The van der Waals surface area contributed by atoms with Gasteiger partial charge in [0.15, 0.2) is 0 Å². The molecule has 0 fully saturated rings. The topological polar surface area (TPSA) is 125 Å². The van der Waals surface area contributed by atoms with Crippen molar-refractivity contribution in [3.8, 4) is 0 Å². The molecule has 0 spiro atoms. The molecular formula is C22H42N2O6. The van der Waals surface area contributed by atoms with Crippen molar-refractivity contribution in [1.82, 2.24) is 10.6 Å². The maximum atomic E-state index is 12.6. The van der Waals surface area contributed by atoms with Gasteiger partial charge in [-0.1, -0.05) is 20.8 Å². The maximum Gasteiger partial charge on any atom is 0.309 e. The van der Waals surface area contributed by atoms with Gasteiger partial charge in [0.2, 0.25) is 11.8 Å². The summed E-state index contributed by atoms with van der Waals surface area (Å²) in [6, 6.07) is 0. The molecule has 176 valence electrons. The van der Waals surface area contributed by atoms with Gasteiger partial charge in [0, 0.05) is 23.4 Å². The molecule has 0 radical (unpaired) electrons. The van der Waals surface area contributed by atoms with Gasteiger partial charge in [-0.3, -0.25) is 14.4 Å². The lowest BCUT2D eigenvalue weighted by molar-refractivity contribution is -0.148. The highest BCUT2D eigenvalue weighted by Gasteiger charge is 2.37. The van der Waals surface area contributed by atoms with E-state index in [0.29, 0.717) is 13.0 Å². The fourth-order valence-electron chi connectivity index (χ4n) is 3.41. The van der Waals surface area contributed by atoms with Crippen LogP contribution in [0.25, 0.3) is 0 Å². The quantitative estimate of drug-likeness (QED) is 0.332. The van der Waals surface area contributed by atoms with Gasteiger partial charge in [0.05, 0.1) is 24.2 Å². The lowest BCUT2D eigenvalue weighted by Gasteiger charge is -2.36. The van der Waals surface area contributed by atoms with Crippen molar-refractivity contribution in [3.63, 3.8) is 0 Å². The standard InChI is InChI=1S/C22H42N2O6/c1-15(12-19(2,3)18(28)29)16(26)24-21(6,7)13-20(4,5)17(27)23-10-11-30-22(8,9)14-25/h15,25H,10-14H2,1-9H3,(H,23,27)(H,24,26)(H,28,29). The van der Waals surface area contributed by atoms with Crippen LogP contribution in [0.4, 0.5) is 0 Å². The fraction of sp³-hybridized carbons (Fsp3) is 0.864. The van der Waals surface area contributed by atoms with Gasteiger partial charge < -0.3 is 25.6 Å². The molecule has 8 heteroatoms. The monoisotopic (exact) mass is 430 g/mol. The van der Waals surface area contributed by atoms with E-state index < -0.39 is 33.9 Å². The van der Waals surface area contributed by atoms with E-state index in [0.717, 1.165) is 0 Å². The first-order valence-electron chi connectivity index (χ1n) is 10.4. The molecule has 0 aliphatic rings. The fourth-order valence-corrected chi connectivity index (χ4v) is 3.41. The lowest BCUT2D eigenvalue weighted by atomic mass is 9.78. The molecule has 8 nitrogen and oxygen atoms in total. The number of carbonyl (C=O) groups is 3. The summed E-state index contributed by atoms with van der Waals surface area (Å²) in [6.45, 7) is 16.3. The Morgan fingerprint density at radius 3 is 1.97 bits per heavy atom. The maximum absolute atomic E-state index is 12.6. The van der Waals surface area contributed by atoms with Gasteiger partial charge in [-0.2, -0.15) is 0 Å². The number of amides is 2. The van der Waals surface area contributed by atoms with Crippen molar-refractivity contribution >= 4 is 17.8 Å². The molecule has 0 rings (SSSR count). The van der Waals surface area contributed by atoms with Crippen LogP contribution >= 0.6 is 0 Å². The zero-order valence-corrected chi connectivity index (χ0v) is 20.1. The number of carbonyl (C=O) groups excluding carboxylic acids is 2. The van der Waals surface area contributed by atoms with E-state index in [2.05, 4.69) is 10.6 Å². The minimum absolute atomic E-state index is 0.109. The molecule has 0 aromatic heterocycles. The van der Waals surface area contributed by atoms with Crippen LogP contribution in [0.5, 0.6) is 0 Å². The molecule has 1 atom stereocenters. The van der Waals surface area contributed by atoms with Crippen LogP contribution in [-0.2, 0) is 19.1 Å². The summed E-state index contributed by atoms with van der Waals surface area (Å²) < 4.78 is 5.51. The number of carboxylic acids is 1. The van der Waals surface area contributed by atoms with Crippen LogP contribution in [-0.4, -0.2) is 58.9 Å². The van der Waals surface area contributed by atoms with Gasteiger partial charge in [0.1, 0.15) is 0 Å². The number of hydrogen-bond acceptors (Lipinski definition) is 5. The lowest BCUT2D eigenvalue weighted by Crippen LogP contribution is -2.51. The van der Waals surface area contributed by atoms with Crippen molar-refractivity contribution in [2.45, 2.75) is 86.3 Å². The number of nitrogens with one attached hydrogen (secondary N) is 2. The Labute approximate surface area is 181 Å². The largest absolute Gasteiger partial charge is 0.481 e. The van der Waals surface area contributed by atoms with Crippen molar-refractivity contribution in [3.05, 3.63) is 0 Å². The Kier molecular flexibility index (Phi) is 9.99. The van der Waals surface area contributed by atoms with Crippen LogP contribution in [0.15, 0.2) is 0 Å². The average Bonchev–Trinajstić information content (AvgIpc) is 2.56. The molecule has 0 saturated carbocycles. The number of aliphatic hydroxyl groups is 1. The molecule has 1 unspecified atom stereocenters. The predicted molar refractivity (Wildman–Crippen MR) is 116 cm³/mol. The van der Waals surface area contributed by atoms with Crippen LogP contribution < -0.4 is 10.6 Å². The number of aliphatic hydroxyl groups excluding tert-OH is 1. The van der Waals surface area contributed by atoms with E-state index in [1.54, 1.807) is 34.6 Å². The Hall–Kier alpha value is -1.67. The van der Waals surface area contributed by atoms with Gasteiger partial charge in [-0.25, -0.2) is 0 Å². The summed E-state index contributed by atoms with van der Waals surface area (Å²) in [4.78, 5) is 36.5. The summed E-state index contributed by atoms with van der Waals surface area (Å²) in [5.41, 5.74) is -3.05. The first-order chi connectivity index (χ1) is 13.4. The molecule has 0 bridgehead atoms. The number of rotatable bonds is 13.